The van der Waals surface area contributed by atoms with Gasteiger partial charge < -0.3 is 0 Å². The fourth-order valence-corrected chi connectivity index (χ4v) is 9.44. The number of benzene rings is 1. The van der Waals surface area contributed by atoms with E-state index in [4.69, 9.17) is 0 Å². The van der Waals surface area contributed by atoms with Crippen molar-refractivity contribution in [2.75, 3.05) is 0 Å². The lowest BCUT2D eigenvalue weighted by Crippen LogP contribution is -2.13. The van der Waals surface area contributed by atoms with E-state index in [2.05, 4.69) is 181 Å². The lowest BCUT2D eigenvalue weighted by Gasteiger charge is -2.27. The Hall–Kier alpha value is 4.50. The summed E-state index contributed by atoms with van der Waals surface area (Å²) in [6.07, 6.45) is 0. The van der Waals surface area contributed by atoms with Crippen molar-refractivity contribution in [2.24, 2.45) is 0 Å². The Morgan fingerprint density at radius 3 is 1.05 bits per heavy atom. The standard InChI is InChI=1S/C9Br11/c10-5-2(7(12,13)14)1-3(8(15,16)17)6(11)4(5)9(18,19)20. The number of hydrogen-bond donors (Lipinski definition) is 0. The Kier molecular flexibility index (Phi) is 9.05. The van der Waals surface area contributed by atoms with Gasteiger partial charge in [0.2, 0.25) is 0 Å². The molecule has 0 N–H and O–H groups in total. The Bertz CT molecular complexity index is 478. The van der Waals surface area contributed by atoms with Gasteiger partial charge in [-0.1, -0.05) is 143 Å². The molecular weight excluding hydrogens is 987 g/mol. The van der Waals surface area contributed by atoms with Crippen LogP contribution in [0.5, 0.6) is 0 Å². The molecule has 0 saturated carbocycles. The summed E-state index contributed by atoms with van der Waals surface area (Å²) in [5, 5.41) is 0. The van der Waals surface area contributed by atoms with Gasteiger partial charge in [0.15, 0.2) is 6.43 Å². The maximum atomic E-state index is 3.62. The van der Waals surface area contributed by atoms with Gasteiger partial charge in [-0.25, -0.2) is 0 Å². The molecule has 0 fully saturated rings. The van der Waals surface area contributed by atoms with Gasteiger partial charge >= 0.3 is 0 Å². The fourth-order valence-electron chi connectivity index (χ4n) is 1.22. The highest BCUT2D eigenvalue weighted by Crippen LogP contribution is 2.59. The van der Waals surface area contributed by atoms with E-state index in [0.717, 1.165) is 25.6 Å². The third kappa shape index (κ3) is 5.76. The van der Waals surface area contributed by atoms with Crippen LogP contribution in [-0.4, -0.2) is 0 Å². The maximum Gasteiger partial charge on any atom is 0.162 e. The van der Waals surface area contributed by atoms with Crippen LogP contribution in [0.2, 0.25) is 0 Å². The van der Waals surface area contributed by atoms with Crippen LogP contribution < -0.4 is 0 Å². The molecule has 1 aromatic rings. The first-order valence-electron chi connectivity index (χ1n) is 4.33. The summed E-state index contributed by atoms with van der Waals surface area (Å²) in [5.41, 5.74) is 2.57. The van der Waals surface area contributed by atoms with E-state index in [9.17, 15) is 0 Å². The monoisotopic (exact) mass is 976 g/mol. The summed E-state index contributed by atoms with van der Waals surface area (Å²) in [6, 6.07) is 3.34. The number of hydrogen-bond acceptors (Lipinski definition) is 0. The molecule has 0 heterocycles. The van der Waals surface area contributed by atoms with Crippen molar-refractivity contribution in [3.8, 4) is 0 Å². The van der Waals surface area contributed by atoms with Crippen molar-refractivity contribution >= 4 is 175 Å². The molecule has 0 aliphatic carbocycles. The van der Waals surface area contributed by atoms with Gasteiger partial charge in [0, 0.05) is 25.6 Å². The van der Waals surface area contributed by atoms with Crippen LogP contribution in [0.25, 0.3) is 0 Å². The average Bonchev–Trinajstić information content (AvgIpc) is 2.10. The van der Waals surface area contributed by atoms with Gasteiger partial charge in [0.25, 0.3) is 0 Å². The van der Waals surface area contributed by atoms with E-state index >= 15 is 0 Å². The molecule has 1 rings (SSSR count). The molecule has 0 aromatic heterocycles. The first-order chi connectivity index (χ1) is 8.67. The van der Waals surface area contributed by atoms with Crippen LogP contribution in [-0.2, 0) is 6.43 Å². The van der Waals surface area contributed by atoms with Gasteiger partial charge in [-0.3, -0.25) is 0 Å². The van der Waals surface area contributed by atoms with Crippen molar-refractivity contribution in [1.29, 1.82) is 0 Å². The van der Waals surface area contributed by atoms with Gasteiger partial charge in [0.1, 0.15) is 0 Å². The molecule has 0 spiro atoms. The fraction of sp³-hybridized carbons (Fsp3) is 0.333. The van der Waals surface area contributed by atoms with E-state index in [1.165, 1.54) is 0 Å². The summed E-state index contributed by atoms with van der Waals surface area (Å²) in [5.74, 6) is 0. The van der Waals surface area contributed by atoms with Crippen molar-refractivity contribution in [3.05, 3.63) is 31.7 Å². The van der Waals surface area contributed by atoms with Crippen LogP contribution in [0.1, 0.15) is 16.7 Å². The molecular formula is C9Br11. The molecule has 20 heavy (non-hydrogen) atoms. The zero-order chi connectivity index (χ0) is 16.1. The quantitative estimate of drug-likeness (QED) is 0.228. The molecule has 0 atom stereocenters. The van der Waals surface area contributed by atoms with Crippen LogP contribution in [0.15, 0.2) is 8.95 Å². The normalized spacial score (nSPS) is 13.8. The van der Waals surface area contributed by atoms with Gasteiger partial charge in [-0.15, -0.1) is 0 Å². The zero-order valence-electron chi connectivity index (χ0n) is 8.66. The smallest absolute Gasteiger partial charge is 0.0545 e. The van der Waals surface area contributed by atoms with Crippen LogP contribution in [0, 0.1) is 6.07 Å². The molecule has 0 bridgehead atoms. The van der Waals surface area contributed by atoms with E-state index in [0.29, 0.717) is 0 Å². The third-order valence-electron chi connectivity index (χ3n) is 1.98. The second kappa shape index (κ2) is 8.03. The second-order valence-corrected chi connectivity index (χ2v) is 25.2. The minimum Gasteiger partial charge on any atom is -0.0545 e. The molecule has 0 nitrogen and oxygen atoms in total. The zero-order valence-corrected chi connectivity index (χ0v) is 26.1. The average molecular weight is 987 g/mol. The molecule has 0 aliphatic heterocycles. The minimum absolute atomic E-state index is 0.611. The van der Waals surface area contributed by atoms with Crippen LogP contribution >= 0.6 is 175 Å². The Morgan fingerprint density at radius 2 is 0.850 bits per heavy atom. The first-order valence-corrected chi connectivity index (χ1v) is 13.1. The number of halogens is 11. The Morgan fingerprint density at radius 1 is 0.550 bits per heavy atom. The highest BCUT2D eigenvalue weighted by atomic mass is 80.0. The van der Waals surface area contributed by atoms with Crippen LogP contribution in [0.4, 0.5) is 0 Å². The van der Waals surface area contributed by atoms with E-state index < -0.39 is 6.43 Å². The largest absolute Gasteiger partial charge is 0.162 e. The minimum atomic E-state index is -0.619. The molecule has 0 unspecified atom stereocenters. The summed E-state index contributed by atoms with van der Waals surface area (Å²) >= 11 is 39.1. The maximum absolute atomic E-state index is 3.62. The van der Waals surface area contributed by atoms with Crippen molar-refractivity contribution < 1.29 is 0 Å². The lowest BCUT2D eigenvalue weighted by molar-refractivity contribution is 1.17. The Labute approximate surface area is 209 Å². The van der Waals surface area contributed by atoms with Gasteiger partial charge in [0.05, 0.1) is 0 Å². The Balaban J connectivity index is 3.86. The summed E-state index contributed by atoms with van der Waals surface area (Å²) in [6.45, 7) is 0. The summed E-state index contributed by atoms with van der Waals surface area (Å²) in [7, 11) is 0. The number of alkyl halides is 9. The van der Waals surface area contributed by atoms with Crippen molar-refractivity contribution in [3.63, 3.8) is 0 Å². The predicted molar refractivity (Wildman–Crippen MR) is 126 cm³/mol. The molecule has 0 aliphatic rings. The van der Waals surface area contributed by atoms with E-state index in [-0.39, 0.29) is 0 Å². The molecule has 1 radical (unpaired) electrons. The van der Waals surface area contributed by atoms with E-state index in [1.54, 1.807) is 0 Å². The third-order valence-corrected chi connectivity index (χ3v) is 7.13. The molecule has 0 saturated heterocycles. The van der Waals surface area contributed by atoms with Crippen molar-refractivity contribution in [1.82, 2.24) is 0 Å². The van der Waals surface area contributed by atoms with Crippen molar-refractivity contribution in [2.45, 2.75) is 6.43 Å². The molecule has 113 valence electrons. The van der Waals surface area contributed by atoms with Gasteiger partial charge in [-0.2, -0.15) is 0 Å². The predicted octanol–water partition coefficient (Wildman–Crippen LogP) is 9.90. The molecule has 11 heteroatoms. The highest BCUT2D eigenvalue weighted by Gasteiger charge is 2.38. The molecule has 1 aromatic carbocycles. The second-order valence-electron chi connectivity index (χ2n) is 3.37. The highest BCUT2D eigenvalue weighted by molar-refractivity contribution is 9.39. The topological polar surface area (TPSA) is 0 Å². The van der Waals surface area contributed by atoms with Gasteiger partial charge in [-0.05, 0) is 37.9 Å². The molecule has 0 amide bonds. The lowest BCUT2D eigenvalue weighted by atomic mass is 10.1. The SMILES string of the molecule is Brc1c(C(Br)(Br)Br)[c]c(C(Br)(Br)Br)c(Br)c1C(Br)(Br)Br. The number of rotatable bonds is 0. The van der Waals surface area contributed by atoms with E-state index in [1.807, 2.05) is 0 Å². The summed E-state index contributed by atoms with van der Waals surface area (Å²) in [4.78, 5) is 0. The van der Waals surface area contributed by atoms with Crippen LogP contribution in [0.3, 0.4) is 0 Å². The summed E-state index contributed by atoms with van der Waals surface area (Å²) < 4.78 is -0.152. The first kappa shape index (κ1) is 22.5.